The molecule has 1 aliphatic rings. The van der Waals surface area contributed by atoms with E-state index in [1.54, 1.807) is 7.05 Å². The molecule has 1 aliphatic heterocycles. The van der Waals surface area contributed by atoms with Crippen molar-refractivity contribution >= 4 is 40.9 Å². The Kier molecular flexibility index (Phi) is 9.21. The Morgan fingerprint density at radius 1 is 1.31 bits per heavy atom. The molecule has 1 fully saturated rings. The van der Waals surface area contributed by atoms with Crippen LogP contribution in [-0.4, -0.2) is 46.0 Å². The lowest BCUT2D eigenvalue weighted by Gasteiger charge is -2.12. The molecule has 0 spiro atoms. The number of nitrogens with zero attached hydrogens (tertiary/aromatic N) is 1. The first-order valence-corrected chi connectivity index (χ1v) is 8.92. The SMILES string of the molecule is CN=C(NCCCOCC1CCOC1)NCc1cc2ccccc2o1.I. The lowest BCUT2D eigenvalue weighted by atomic mass is 10.1. The van der Waals surface area contributed by atoms with Gasteiger partial charge in [0.2, 0.25) is 0 Å². The van der Waals surface area contributed by atoms with Gasteiger partial charge >= 0.3 is 0 Å². The molecule has 144 valence electrons. The summed E-state index contributed by atoms with van der Waals surface area (Å²) in [5.74, 6) is 2.24. The number of aliphatic imine (C=N–C) groups is 1. The van der Waals surface area contributed by atoms with Crippen molar-refractivity contribution in [1.29, 1.82) is 0 Å². The monoisotopic (exact) mass is 473 g/mol. The molecule has 1 unspecified atom stereocenters. The molecule has 1 atom stereocenters. The first-order chi connectivity index (χ1) is 12.3. The van der Waals surface area contributed by atoms with Crippen molar-refractivity contribution in [2.45, 2.75) is 19.4 Å². The van der Waals surface area contributed by atoms with Gasteiger partial charge in [-0.15, -0.1) is 24.0 Å². The van der Waals surface area contributed by atoms with E-state index < -0.39 is 0 Å². The number of hydrogen-bond acceptors (Lipinski definition) is 4. The minimum absolute atomic E-state index is 0. The van der Waals surface area contributed by atoms with Gasteiger partial charge in [0.25, 0.3) is 0 Å². The summed E-state index contributed by atoms with van der Waals surface area (Å²) in [6.07, 6.45) is 2.06. The fourth-order valence-electron chi connectivity index (χ4n) is 2.86. The molecule has 3 rings (SSSR count). The zero-order valence-corrected chi connectivity index (χ0v) is 17.5. The molecule has 6 nitrogen and oxygen atoms in total. The number of nitrogens with one attached hydrogen (secondary N) is 2. The Hall–Kier alpha value is -1.32. The highest BCUT2D eigenvalue weighted by Crippen LogP contribution is 2.18. The number of benzene rings is 1. The number of para-hydroxylation sites is 1. The van der Waals surface area contributed by atoms with Crippen molar-refractivity contribution in [3.8, 4) is 0 Å². The number of halogens is 1. The minimum Gasteiger partial charge on any atom is -0.459 e. The summed E-state index contributed by atoms with van der Waals surface area (Å²) in [6, 6.07) is 10.1. The molecule has 0 bridgehead atoms. The lowest BCUT2D eigenvalue weighted by molar-refractivity contribution is 0.0888. The third-order valence-corrected chi connectivity index (χ3v) is 4.27. The third-order valence-electron chi connectivity index (χ3n) is 4.27. The van der Waals surface area contributed by atoms with E-state index in [1.807, 2.05) is 24.3 Å². The molecule has 1 aromatic carbocycles. The Labute approximate surface area is 171 Å². The molecule has 0 amide bonds. The van der Waals surface area contributed by atoms with E-state index in [9.17, 15) is 0 Å². The molecule has 1 saturated heterocycles. The van der Waals surface area contributed by atoms with Crippen molar-refractivity contribution in [1.82, 2.24) is 10.6 Å². The van der Waals surface area contributed by atoms with Gasteiger partial charge in [-0.25, -0.2) is 0 Å². The van der Waals surface area contributed by atoms with Crippen LogP contribution in [0.1, 0.15) is 18.6 Å². The fourth-order valence-corrected chi connectivity index (χ4v) is 2.86. The van der Waals surface area contributed by atoms with E-state index in [2.05, 4.69) is 21.7 Å². The quantitative estimate of drug-likeness (QED) is 0.267. The Balaban J connectivity index is 0.00000243. The van der Waals surface area contributed by atoms with E-state index in [0.29, 0.717) is 12.5 Å². The van der Waals surface area contributed by atoms with E-state index in [4.69, 9.17) is 13.9 Å². The number of ether oxygens (including phenoxy) is 2. The summed E-state index contributed by atoms with van der Waals surface area (Å²) >= 11 is 0. The summed E-state index contributed by atoms with van der Waals surface area (Å²) in [6.45, 7) is 4.70. The zero-order chi connectivity index (χ0) is 17.3. The van der Waals surface area contributed by atoms with Crippen LogP contribution in [0.5, 0.6) is 0 Å². The summed E-state index contributed by atoms with van der Waals surface area (Å²) in [5.41, 5.74) is 0.909. The molecule has 2 N–H and O–H groups in total. The number of furan rings is 1. The van der Waals surface area contributed by atoms with Crippen LogP contribution >= 0.6 is 24.0 Å². The molecule has 0 saturated carbocycles. The van der Waals surface area contributed by atoms with Gasteiger partial charge in [-0.05, 0) is 25.0 Å². The average molecular weight is 473 g/mol. The van der Waals surface area contributed by atoms with Gasteiger partial charge < -0.3 is 24.5 Å². The van der Waals surface area contributed by atoms with Crippen LogP contribution in [0.25, 0.3) is 11.0 Å². The lowest BCUT2D eigenvalue weighted by Crippen LogP contribution is -2.37. The van der Waals surface area contributed by atoms with Gasteiger partial charge in [0, 0.05) is 38.1 Å². The molecule has 7 heteroatoms. The highest BCUT2D eigenvalue weighted by Gasteiger charge is 2.15. The van der Waals surface area contributed by atoms with Crippen LogP contribution in [0, 0.1) is 5.92 Å². The van der Waals surface area contributed by atoms with Crippen molar-refractivity contribution in [2.75, 3.05) is 40.0 Å². The van der Waals surface area contributed by atoms with Crippen LogP contribution in [0.4, 0.5) is 0 Å². The molecule has 0 aliphatic carbocycles. The van der Waals surface area contributed by atoms with Crippen molar-refractivity contribution in [2.24, 2.45) is 10.9 Å². The normalized spacial score (nSPS) is 17.3. The second-order valence-corrected chi connectivity index (χ2v) is 6.26. The van der Waals surface area contributed by atoms with Crippen LogP contribution in [-0.2, 0) is 16.0 Å². The molecular formula is C19H28IN3O3. The second kappa shape index (κ2) is 11.4. The fraction of sp³-hybridized carbons (Fsp3) is 0.526. The third kappa shape index (κ3) is 6.44. The first-order valence-electron chi connectivity index (χ1n) is 8.92. The maximum atomic E-state index is 5.79. The Bertz CT molecular complexity index is 650. The summed E-state index contributed by atoms with van der Waals surface area (Å²) in [4.78, 5) is 4.23. The Morgan fingerprint density at radius 2 is 2.19 bits per heavy atom. The first kappa shape index (κ1) is 21.0. The van der Waals surface area contributed by atoms with Crippen molar-refractivity contribution < 1.29 is 13.9 Å². The zero-order valence-electron chi connectivity index (χ0n) is 15.2. The minimum atomic E-state index is 0. The van der Waals surface area contributed by atoms with Crippen LogP contribution in [0.3, 0.4) is 0 Å². The number of hydrogen-bond donors (Lipinski definition) is 2. The summed E-state index contributed by atoms with van der Waals surface area (Å²) in [7, 11) is 1.77. The molecule has 1 aromatic heterocycles. The van der Waals surface area contributed by atoms with Crippen molar-refractivity contribution in [3.63, 3.8) is 0 Å². The maximum Gasteiger partial charge on any atom is 0.191 e. The van der Waals surface area contributed by atoms with E-state index >= 15 is 0 Å². The van der Waals surface area contributed by atoms with E-state index in [0.717, 1.165) is 68.5 Å². The van der Waals surface area contributed by atoms with Gasteiger partial charge in [-0.2, -0.15) is 0 Å². The van der Waals surface area contributed by atoms with Crippen LogP contribution in [0.2, 0.25) is 0 Å². The molecule has 2 aromatic rings. The summed E-state index contributed by atoms with van der Waals surface area (Å²) in [5, 5.41) is 7.68. The van der Waals surface area contributed by atoms with Gasteiger partial charge in [-0.1, -0.05) is 18.2 Å². The molecule has 2 heterocycles. The highest BCUT2D eigenvalue weighted by atomic mass is 127. The average Bonchev–Trinajstić information content (AvgIpc) is 3.29. The van der Waals surface area contributed by atoms with E-state index in [1.165, 1.54) is 0 Å². The van der Waals surface area contributed by atoms with Crippen molar-refractivity contribution in [3.05, 3.63) is 36.1 Å². The number of guanidine groups is 1. The number of fused-ring (bicyclic) bond motifs is 1. The van der Waals surface area contributed by atoms with Gasteiger partial charge in [-0.3, -0.25) is 4.99 Å². The maximum absolute atomic E-state index is 5.79. The number of rotatable bonds is 8. The molecular weight excluding hydrogens is 445 g/mol. The van der Waals surface area contributed by atoms with Gasteiger partial charge in [0.1, 0.15) is 11.3 Å². The van der Waals surface area contributed by atoms with E-state index in [-0.39, 0.29) is 24.0 Å². The molecule has 0 radical (unpaired) electrons. The standard InChI is InChI=1S/C19H27N3O3.HI/c1-20-19(21-8-4-9-23-13-15-7-10-24-14-15)22-12-17-11-16-5-2-3-6-18(16)25-17;/h2-3,5-6,11,15H,4,7-10,12-14H2,1H3,(H2,20,21,22);1H. The smallest absolute Gasteiger partial charge is 0.191 e. The molecule has 26 heavy (non-hydrogen) atoms. The summed E-state index contributed by atoms with van der Waals surface area (Å²) < 4.78 is 16.8. The second-order valence-electron chi connectivity index (χ2n) is 6.26. The van der Waals surface area contributed by atoms with Gasteiger partial charge in [0.15, 0.2) is 5.96 Å². The Morgan fingerprint density at radius 3 is 2.96 bits per heavy atom. The predicted molar refractivity (Wildman–Crippen MR) is 114 cm³/mol. The van der Waals surface area contributed by atoms with Crippen LogP contribution in [0.15, 0.2) is 39.7 Å². The topological polar surface area (TPSA) is 68.0 Å². The van der Waals surface area contributed by atoms with Crippen LogP contribution < -0.4 is 10.6 Å². The predicted octanol–water partition coefficient (Wildman–Crippen LogP) is 3.16. The van der Waals surface area contributed by atoms with Gasteiger partial charge in [0.05, 0.1) is 19.8 Å². The highest BCUT2D eigenvalue weighted by molar-refractivity contribution is 14.0. The largest absolute Gasteiger partial charge is 0.459 e.